The lowest BCUT2D eigenvalue weighted by molar-refractivity contribution is 0.0697. The standard InChI is InChI=1S/C14H19FN2O3/c1-9(2)5-4-8-16-14(20)17-12-10(13(18)19)6-3-7-11(12)15/h3,6-7,9H,4-5,8H2,1-2H3,(H,18,19)(H2,16,17,20). The van der Waals surface area contributed by atoms with Gasteiger partial charge >= 0.3 is 12.0 Å². The Labute approximate surface area is 117 Å². The summed E-state index contributed by atoms with van der Waals surface area (Å²) in [5, 5.41) is 13.8. The van der Waals surface area contributed by atoms with E-state index in [1.165, 1.54) is 12.1 Å². The van der Waals surface area contributed by atoms with Crippen LogP contribution in [0.3, 0.4) is 0 Å². The molecule has 0 atom stereocenters. The van der Waals surface area contributed by atoms with E-state index in [1.807, 2.05) is 0 Å². The minimum absolute atomic E-state index is 0.276. The first-order valence-corrected chi connectivity index (χ1v) is 6.48. The molecule has 0 aliphatic carbocycles. The fraction of sp³-hybridized carbons (Fsp3) is 0.429. The number of carbonyl (C=O) groups is 2. The van der Waals surface area contributed by atoms with E-state index in [0.717, 1.165) is 18.9 Å². The molecule has 0 saturated heterocycles. The molecule has 20 heavy (non-hydrogen) atoms. The number of hydrogen-bond donors (Lipinski definition) is 3. The molecule has 1 aromatic carbocycles. The number of nitrogens with one attached hydrogen (secondary N) is 2. The zero-order chi connectivity index (χ0) is 15.1. The normalized spacial score (nSPS) is 10.4. The van der Waals surface area contributed by atoms with E-state index in [9.17, 15) is 14.0 Å². The molecule has 0 aromatic heterocycles. The first-order valence-electron chi connectivity index (χ1n) is 6.48. The summed E-state index contributed by atoms with van der Waals surface area (Å²) in [6, 6.07) is 3.01. The van der Waals surface area contributed by atoms with Crippen LogP contribution in [0.25, 0.3) is 0 Å². The molecule has 0 fully saturated rings. The number of urea groups is 1. The van der Waals surface area contributed by atoms with E-state index in [0.29, 0.717) is 12.5 Å². The average molecular weight is 282 g/mol. The zero-order valence-corrected chi connectivity index (χ0v) is 11.6. The Bertz CT molecular complexity index is 489. The molecule has 0 bridgehead atoms. The van der Waals surface area contributed by atoms with Gasteiger partial charge in [-0.2, -0.15) is 0 Å². The van der Waals surface area contributed by atoms with Gasteiger partial charge in [-0.25, -0.2) is 14.0 Å². The highest BCUT2D eigenvalue weighted by Gasteiger charge is 2.16. The molecule has 1 aromatic rings. The quantitative estimate of drug-likeness (QED) is 0.701. The maximum absolute atomic E-state index is 13.6. The van der Waals surface area contributed by atoms with Crippen LogP contribution in [0.4, 0.5) is 14.9 Å². The van der Waals surface area contributed by atoms with E-state index >= 15 is 0 Å². The first kappa shape index (κ1) is 15.9. The minimum Gasteiger partial charge on any atom is -0.478 e. The van der Waals surface area contributed by atoms with Crippen molar-refractivity contribution in [3.63, 3.8) is 0 Å². The van der Waals surface area contributed by atoms with Gasteiger partial charge in [-0.3, -0.25) is 0 Å². The Balaban J connectivity index is 2.60. The number of hydrogen-bond acceptors (Lipinski definition) is 2. The van der Waals surface area contributed by atoms with Crippen molar-refractivity contribution in [3.05, 3.63) is 29.6 Å². The minimum atomic E-state index is -1.29. The van der Waals surface area contributed by atoms with Crippen LogP contribution < -0.4 is 10.6 Å². The maximum Gasteiger partial charge on any atom is 0.337 e. The number of anilines is 1. The number of carbonyl (C=O) groups excluding carboxylic acids is 1. The number of halogens is 1. The van der Waals surface area contributed by atoms with Crippen LogP contribution in [-0.2, 0) is 0 Å². The van der Waals surface area contributed by atoms with Crippen molar-refractivity contribution in [3.8, 4) is 0 Å². The lowest BCUT2D eigenvalue weighted by Gasteiger charge is -2.11. The lowest BCUT2D eigenvalue weighted by atomic mass is 10.1. The number of benzene rings is 1. The summed E-state index contributed by atoms with van der Waals surface area (Å²) in [5.41, 5.74) is -0.594. The number of amides is 2. The largest absolute Gasteiger partial charge is 0.478 e. The van der Waals surface area contributed by atoms with Gasteiger partial charge in [-0.1, -0.05) is 19.9 Å². The Morgan fingerprint density at radius 1 is 1.35 bits per heavy atom. The molecule has 0 radical (unpaired) electrons. The number of para-hydroxylation sites is 1. The van der Waals surface area contributed by atoms with Crippen molar-refractivity contribution in [2.75, 3.05) is 11.9 Å². The fourth-order valence-corrected chi connectivity index (χ4v) is 1.70. The zero-order valence-electron chi connectivity index (χ0n) is 11.6. The summed E-state index contributed by atoms with van der Waals surface area (Å²) in [7, 11) is 0. The number of rotatable bonds is 6. The summed E-state index contributed by atoms with van der Waals surface area (Å²) >= 11 is 0. The van der Waals surface area contributed by atoms with Crippen LogP contribution in [0.5, 0.6) is 0 Å². The van der Waals surface area contributed by atoms with Gasteiger partial charge < -0.3 is 15.7 Å². The number of carboxylic acid groups (broad SMARTS) is 1. The number of aromatic carboxylic acids is 1. The van der Waals surface area contributed by atoms with Crippen LogP contribution in [0.1, 0.15) is 37.0 Å². The van der Waals surface area contributed by atoms with Crippen LogP contribution in [0.15, 0.2) is 18.2 Å². The topological polar surface area (TPSA) is 78.4 Å². The molecule has 110 valence electrons. The van der Waals surface area contributed by atoms with Gasteiger partial charge in [0, 0.05) is 6.54 Å². The van der Waals surface area contributed by atoms with Crippen LogP contribution >= 0.6 is 0 Å². The van der Waals surface area contributed by atoms with Gasteiger partial charge in [0.25, 0.3) is 0 Å². The second-order valence-corrected chi connectivity index (χ2v) is 4.88. The lowest BCUT2D eigenvalue weighted by Crippen LogP contribution is -2.30. The van der Waals surface area contributed by atoms with E-state index in [-0.39, 0.29) is 11.3 Å². The smallest absolute Gasteiger partial charge is 0.337 e. The summed E-state index contributed by atoms with van der Waals surface area (Å²) in [5.74, 6) is -1.52. The molecule has 0 spiro atoms. The Kier molecular flexibility index (Phi) is 5.96. The highest BCUT2D eigenvalue weighted by molar-refractivity contribution is 6.00. The van der Waals surface area contributed by atoms with Crippen molar-refractivity contribution in [2.45, 2.75) is 26.7 Å². The Morgan fingerprint density at radius 2 is 2.05 bits per heavy atom. The molecular formula is C14H19FN2O3. The molecule has 6 heteroatoms. The predicted molar refractivity (Wildman–Crippen MR) is 74.5 cm³/mol. The highest BCUT2D eigenvalue weighted by Crippen LogP contribution is 2.19. The summed E-state index contributed by atoms with van der Waals surface area (Å²) in [6.45, 7) is 4.62. The molecule has 2 amide bonds. The molecular weight excluding hydrogens is 263 g/mol. The van der Waals surface area contributed by atoms with Gasteiger partial charge in [-0.05, 0) is 30.9 Å². The van der Waals surface area contributed by atoms with E-state index in [2.05, 4.69) is 24.5 Å². The van der Waals surface area contributed by atoms with Crippen molar-refractivity contribution in [1.29, 1.82) is 0 Å². The molecule has 5 nitrogen and oxygen atoms in total. The van der Waals surface area contributed by atoms with Crippen LogP contribution in [-0.4, -0.2) is 23.7 Å². The molecule has 0 saturated carbocycles. The van der Waals surface area contributed by atoms with E-state index in [1.54, 1.807) is 0 Å². The molecule has 1 rings (SSSR count). The number of carboxylic acids is 1. The van der Waals surface area contributed by atoms with Crippen molar-refractivity contribution in [2.24, 2.45) is 5.92 Å². The van der Waals surface area contributed by atoms with Crippen LogP contribution in [0, 0.1) is 11.7 Å². The molecule has 0 unspecified atom stereocenters. The van der Waals surface area contributed by atoms with E-state index < -0.39 is 17.8 Å². The third-order valence-corrected chi connectivity index (χ3v) is 2.73. The van der Waals surface area contributed by atoms with Crippen LogP contribution in [0.2, 0.25) is 0 Å². The Morgan fingerprint density at radius 3 is 2.65 bits per heavy atom. The van der Waals surface area contributed by atoms with Gasteiger partial charge in [-0.15, -0.1) is 0 Å². The third-order valence-electron chi connectivity index (χ3n) is 2.73. The van der Waals surface area contributed by atoms with Crippen molar-refractivity contribution < 1.29 is 19.1 Å². The van der Waals surface area contributed by atoms with Crippen molar-refractivity contribution >= 4 is 17.7 Å². The van der Waals surface area contributed by atoms with Gasteiger partial charge in [0.2, 0.25) is 0 Å². The molecule has 0 aliphatic heterocycles. The third kappa shape index (κ3) is 4.87. The molecule has 0 heterocycles. The SMILES string of the molecule is CC(C)CCCNC(=O)Nc1c(F)cccc1C(=O)O. The molecule has 0 aliphatic rings. The summed E-state index contributed by atoms with van der Waals surface area (Å²) in [6.07, 6.45) is 1.79. The highest BCUT2D eigenvalue weighted by atomic mass is 19.1. The Hall–Kier alpha value is -2.11. The van der Waals surface area contributed by atoms with E-state index in [4.69, 9.17) is 5.11 Å². The first-order chi connectivity index (χ1) is 9.41. The molecule has 3 N–H and O–H groups in total. The fourth-order valence-electron chi connectivity index (χ4n) is 1.70. The average Bonchev–Trinajstić information content (AvgIpc) is 2.36. The second-order valence-electron chi connectivity index (χ2n) is 4.88. The van der Waals surface area contributed by atoms with Crippen molar-refractivity contribution in [1.82, 2.24) is 5.32 Å². The van der Waals surface area contributed by atoms with Gasteiger partial charge in [0.05, 0.1) is 11.3 Å². The predicted octanol–water partition coefficient (Wildman–Crippen LogP) is 3.08. The maximum atomic E-state index is 13.6. The monoisotopic (exact) mass is 282 g/mol. The second kappa shape index (κ2) is 7.47. The van der Waals surface area contributed by atoms with Gasteiger partial charge in [0.15, 0.2) is 0 Å². The van der Waals surface area contributed by atoms with Gasteiger partial charge in [0.1, 0.15) is 5.82 Å². The summed E-state index contributed by atoms with van der Waals surface area (Å²) in [4.78, 5) is 22.6. The summed E-state index contributed by atoms with van der Waals surface area (Å²) < 4.78 is 13.6.